The van der Waals surface area contributed by atoms with Gasteiger partial charge in [-0.25, -0.2) is 0 Å². The van der Waals surface area contributed by atoms with Gasteiger partial charge in [-0.1, -0.05) is 67.0 Å². The van der Waals surface area contributed by atoms with Crippen molar-refractivity contribution in [3.63, 3.8) is 0 Å². The maximum atomic E-state index is 6.61. The van der Waals surface area contributed by atoms with Gasteiger partial charge in [-0.15, -0.1) is 0 Å². The standard InChI is InChI=1S/C26H28ClN3O/c1-25(2)17-12-13-18(14-17)26(25)16-23(29-31-26)22-15-24(20-10-6-7-11-21(20)27)30(28-22)19-8-4-3-5-9-19/h3-11,17-18,24H,12-16H2,1-2H3/t17-,18+,24?,26?/m1/s1. The zero-order chi connectivity index (χ0) is 21.2. The van der Waals surface area contributed by atoms with Crippen LogP contribution in [0, 0.1) is 17.3 Å². The van der Waals surface area contributed by atoms with Gasteiger partial charge in [-0.3, -0.25) is 5.01 Å². The summed E-state index contributed by atoms with van der Waals surface area (Å²) in [4.78, 5) is 6.34. The Hall–Kier alpha value is -2.33. The number of fused-ring (bicyclic) bond motifs is 3. The molecule has 5 heteroatoms. The highest BCUT2D eigenvalue weighted by Crippen LogP contribution is 2.65. The Kier molecular flexibility index (Phi) is 4.27. The van der Waals surface area contributed by atoms with Crippen LogP contribution in [0.15, 0.2) is 64.9 Å². The molecule has 4 nitrogen and oxygen atoms in total. The lowest BCUT2D eigenvalue weighted by atomic mass is 9.63. The van der Waals surface area contributed by atoms with E-state index in [1.54, 1.807) is 0 Å². The van der Waals surface area contributed by atoms with Gasteiger partial charge in [-0.2, -0.15) is 5.10 Å². The monoisotopic (exact) mass is 433 g/mol. The smallest absolute Gasteiger partial charge is 0.151 e. The first kappa shape index (κ1) is 19.4. The van der Waals surface area contributed by atoms with Crippen molar-refractivity contribution in [2.45, 2.75) is 57.6 Å². The summed E-state index contributed by atoms with van der Waals surface area (Å²) in [6.45, 7) is 4.77. The van der Waals surface area contributed by atoms with Crippen LogP contribution >= 0.6 is 11.6 Å². The van der Waals surface area contributed by atoms with Crippen molar-refractivity contribution in [3.8, 4) is 0 Å². The van der Waals surface area contributed by atoms with E-state index in [0.29, 0.717) is 5.92 Å². The molecule has 4 aliphatic rings. The molecule has 2 saturated carbocycles. The Balaban J connectivity index is 1.34. The van der Waals surface area contributed by atoms with E-state index in [4.69, 9.17) is 21.5 Å². The van der Waals surface area contributed by atoms with E-state index >= 15 is 0 Å². The average Bonchev–Trinajstić information content (AvgIpc) is 3.54. The number of nitrogens with zero attached hydrogens (tertiary/aromatic N) is 3. The second kappa shape index (κ2) is 6.83. The van der Waals surface area contributed by atoms with Gasteiger partial charge in [-0.05, 0) is 48.9 Å². The zero-order valence-corrected chi connectivity index (χ0v) is 18.8. The number of para-hydroxylation sites is 1. The van der Waals surface area contributed by atoms with Crippen LogP contribution in [0.5, 0.6) is 0 Å². The Morgan fingerprint density at radius 1 is 0.968 bits per heavy atom. The van der Waals surface area contributed by atoms with Crippen molar-refractivity contribution in [3.05, 3.63) is 65.2 Å². The van der Waals surface area contributed by atoms with Crippen LogP contribution < -0.4 is 5.01 Å². The van der Waals surface area contributed by atoms with Crippen LogP contribution in [-0.2, 0) is 4.84 Å². The summed E-state index contributed by atoms with van der Waals surface area (Å²) in [6, 6.07) is 18.5. The molecule has 2 unspecified atom stereocenters. The van der Waals surface area contributed by atoms with Gasteiger partial charge in [0.25, 0.3) is 0 Å². The summed E-state index contributed by atoms with van der Waals surface area (Å²) in [5.41, 5.74) is 4.22. The first-order valence-electron chi connectivity index (χ1n) is 11.4. The lowest BCUT2D eigenvalue weighted by Crippen LogP contribution is -2.49. The maximum absolute atomic E-state index is 6.61. The van der Waals surface area contributed by atoms with Gasteiger partial charge in [0.15, 0.2) is 5.60 Å². The summed E-state index contributed by atoms with van der Waals surface area (Å²) in [5.74, 6) is 1.36. The second-order valence-electron chi connectivity index (χ2n) is 10.1. The molecule has 2 aromatic rings. The molecule has 0 aromatic heterocycles. The number of benzene rings is 2. The molecule has 160 valence electrons. The Morgan fingerprint density at radius 2 is 1.71 bits per heavy atom. The highest BCUT2D eigenvalue weighted by Gasteiger charge is 2.67. The lowest BCUT2D eigenvalue weighted by Gasteiger charge is -2.44. The molecule has 2 aromatic carbocycles. The Bertz CT molecular complexity index is 1080. The van der Waals surface area contributed by atoms with E-state index in [1.807, 2.05) is 24.3 Å². The third-order valence-electron chi connectivity index (χ3n) is 8.48. The predicted octanol–water partition coefficient (Wildman–Crippen LogP) is 6.62. The summed E-state index contributed by atoms with van der Waals surface area (Å²) < 4.78 is 0. The van der Waals surface area contributed by atoms with Gasteiger partial charge in [0.05, 0.1) is 17.4 Å². The van der Waals surface area contributed by atoms with E-state index in [2.05, 4.69) is 54.3 Å². The minimum atomic E-state index is -0.159. The van der Waals surface area contributed by atoms with Crippen molar-refractivity contribution in [1.82, 2.24) is 0 Å². The molecule has 4 atom stereocenters. The van der Waals surface area contributed by atoms with Crippen LogP contribution in [0.25, 0.3) is 0 Å². The van der Waals surface area contributed by atoms with Crippen LogP contribution in [0.1, 0.15) is 57.6 Å². The number of hydrazone groups is 1. The molecule has 2 aliphatic carbocycles. The van der Waals surface area contributed by atoms with E-state index in [0.717, 1.165) is 46.5 Å². The molecule has 2 bridgehead atoms. The molecule has 6 rings (SSSR count). The Morgan fingerprint density at radius 3 is 2.45 bits per heavy atom. The summed E-state index contributed by atoms with van der Waals surface area (Å²) in [6.07, 6.45) is 5.53. The maximum Gasteiger partial charge on any atom is 0.151 e. The number of hydrogen-bond donors (Lipinski definition) is 0. The highest BCUT2D eigenvalue weighted by molar-refractivity contribution is 6.43. The number of rotatable bonds is 3. The fourth-order valence-corrected chi connectivity index (χ4v) is 6.85. The topological polar surface area (TPSA) is 37.2 Å². The molecule has 2 aliphatic heterocycles. The third-order valence-corrected chi connectivity index (χ3v) is 8.82. The normalized spacial score (nSPS) is 33.0. The molecular formula is C26H28ClN3O. The van der Waals surface area contributed by atoms with Gasteiger partial charge < -0.3 is 4.84 Å². The zero-order valence-electron chi connectivity index (χ0n) is 18.1. The number of hydrogen-bond acceptors (Lipinski definition) is 4. The lowest BCUT2D eigenvalue weighted by molar-refractivity contribution is -0.135. The van der Waals surface area contributed by atoms with Gasteiger partial charge in [0, 0.05) is 29.2 Å². The average molecular weight is 434 g/mol. The van der Waals surface area contributed by atoms with Crippen molar-refractivity contribution in [2.24, 2.45) is 27.5 Å². The van der Waals surface area contributed by atoms with Gasteiger partial charge in [0.2, 0.25) is 0 Å². The van der Waals surface area contributed by atoms with E-state index in [9.17, 15) is 0 Å². The van der Waals surface area contributed by atoms with Crippen molar-refractivity contribution in [2.75, 3.05) is 5.01 Å². The quantitative estimate of drug-likeness (QED) is 0.545. The van der Waals surface area contributed by atoms with Crippen molar-refractivity contribution < 1.29 is 4.84 Å². The predicted molar refractivity (Wildman–Crippen MR) is 126 cm³/mol. The van der Waals surface area contributed by atoms with E-state index in [-0.39, 0.29) is 17.1 Å². The van der Waals surface area contributed by atoms with Gasteiger partial charge in [0.1, 0.15) is 5.71 Å². The minimum Gasteiger partial charge on any atom is -0.388 e. The fourth-order valence-electron chi connectivity index (χ4n) is 6.59. The number of oxime groups is 1. The summed E-state index contributed by atoms with van der Waals surface area (Å²) in [7, 11) is 0. The largest absolute Gasteiger partial charge is 0.388 e. The third kappa shape index (κ3) is 2.73. The van der Waals surface area contributed by atoms with Crippen LogP contribution in [0.4, 0.5) is 5.69 Å². The molecule has 2 heterocycles. The molecule has 0 N–H and O–H groups in total. The van der Waals surface area contributed by atoms with Gasteiger partial charge >= 0.3 is 0 Å². The molecule has 0 saturated heterocycles. The minimum absolute atomic E-state index is 0.0541. The molecule has 2 fully saturated rings. The summed E-state index contributed by atoms with van der Waals surface area (Å²) >= 11 is 6.61. The molecule has 31 heavy (non-hydrogen) atoms. The molecule has 0 amide bonds. The Labute approximate surface area is 188 Å². The van der Waals surface area contributed by atoms with Crippen LogP contribution in [-0.4, -0.2) is 17.0 Å². The summed E-state index contributed by atoms with van der Waals surface area (Å²) in [5, 5.41) is 12.6. The second-order valence-corrected chi connectivity index (χ2v) is 10.5. The van der Waals surface area contributed by atoms with E-state index in [1.165, 1.54) is 19.3 Å². The van der Waals surface area contributed by atoms with Crippen LogP contribution in [0.3, 0.4) is 0 Å². The molecule has 1 spiro atoms. The first-order valence-corrected chi connectivity index (χ1v) is 11.8. The van der Waals surface area contributed by atoms with Crippen molar-refractivity contribution in [1.29, 1.82) is 0 Å². The number of anilines is 1. The van der Waals surface area contributed by atoms with E-state index < -0.39 is 0 Å². The number of halogens is 1. The SMILES string of the molecule is CC1(C)[C@@H]2CC[C@@H](C2)C12CC(C1=NN(c3ccccc3)C(c3ccccc3Cl)C1)=NO2. The highest BCUT2D eigenvalue weighted by atomic mass is 35.5. The molecular weight excluding hydrogens is 406 g/mol. The molecule has 0 radical (unpaired) electrons. The first-order chi connectivity index (χ1) is 15.0. The van der Waals surface area contributed by atoms with Crippen LogP contribution in [0.2, 0.25) is 5.02 Å². The fraction of sp³-hybridized carbons (Fsp3) is 0.462. The van der Waals surface area contributed by atoms with Crippen molar-refractivity contribution >= 4 is 28.7 Å².